The van der Waals surface area contributed by atoms with Crippen LogP contribution < -0.4 is 0 Å². The van der Waals surface area contributed by atoms with Crippen molar-refractivity contribution < 1.29 is 0 Å². The van der Waals surface area contributed by atoms with Crippen LogP contribution in [0.25, 0.3) is 0 Å². The predicted molar refractivity (Wildman–Crippen MR) is 118 cm³/mol. The second-order valence-corrected chi connectivity index (χ2v) is 5.37. The van der Waals surface area contributed by atoms with Crippen LogP contribution in [0.3, 0.4) is 0 Å². The van der Waals surface area contributed by atoms with Crippen LogP contribution in [0.2, 0.25) is 0 Å². The molecule has 0 fully saturated rings. The maximum absolute atomic E-state index is 2.37. The van der Waals surface area contributed by atoms with Gasteiger partial charge in [-0.25, -0.2) is 0 Å². The first-order valence-electron chi connectivity index (χ1n) is 10.3. The lowest BCUT2D eigenvalue weighted by Gasteiger charge is -2.15. The molecule has 0 aliphatic heterocycles. The Morgan fingerprint density at radius 3 is 1.64 bits per heavy atom. The van der Waals surface area contributed by atoms with Gasteiger partial charge in [0.25, 0.3) is 0 Å². The van der Waals surface area contributed by atoms with Gasteiger partial charge in [-0.05, 0) is 60.9 Å². The highest BCUT2D eigenvalue weighted by Gasteiger charge is 2.09. The van der Waals surface area contributed by atoms with Crippen molar-refractivity contribution in [1.29, 1.82) is 0 Å². The van der Waals surface area contributed by atoms with E-state index in [9.17, 15) is 0 Å². The number of rotatable bonds is 4. The van der Waals surface area contributed by atoms with Crippen molar-refractivity contribution in [3.63, 3.8) is 0 Å². The Morgan fingerprint density at radius 2 is 1.16 bits per heavy atom. The normalized spacial score (nSPS) is 8.88. The maximum Gasteiger partial charge on any atom is -0.00202 e. The molecule has 0 atom stereocenters. The predicted octanol–water partition coefficient (Wildman–Crippen LogP) is 8.10. The van der Waals surface area contributed by atoms with E-state index in [2.05, 4.69) is 64.1 Å². The third-order valence-corrected chi connectivity index (χ3v) is 3.96. The molecule has 0 spiro atoms. The van der Waals surface area contributed by atoms with E-state index >= 15 is 0 Å². The summed E-state index contributed by atoms with van der Waals surface area (Å²) in [7, 11) is 0. The molecule has 0 N–H and O–H groups in total. The summed E-state index contributed by atoms with van der Waals surface area (Å²) in [5.74, 6) is 0. The Balaban J connectivity index is 0. The molecule has 2 aromatic rings. The third-order valence-electron chi connectivity index (χ3n) is 3.96. The Labute approximate surface area is 158 Å². The monoisotopic (exact) mass is 342 g/mol. The van der Waals surface area contributed by atoms with Gasteiger partial charge < -0.3 is 0 Å². The molecule has 0 saturated heterocycles. The van der Waals surface area contributed by atoms with Crippen LogP contribution >= 0.6 is 0 Å². The van der Waals surface area contributed by atoms with E-state index in [0.717, 1.165) is 19.3 Å². The van der Waals surface area contributed by atoms with E-state index in [-0.39, 0.29) is 0 Å². The molecule has 142 valence electrons. The molecule has 25 heavy (non-hydrogen) atoms. The fourth-order valence-corrected chi connectivity index (χ4v) is 2.91. The summed E-state index contributed by atoms with van der Waals surface area (Å²) in [6.45, 7) is 20.9. The summed E-state index contributed by atoms with van der Waals surface area (Å²) in [6.07, 6.45) is 3.32. The van der Waals surface area contributed by atoms with Crippen LogP contribution in [0.5, 0.6) is 0 Å². The summed E-state index contributed by atoms with van der Waals surface area (Å²) < 4.78 is 0. The van der Waals surface area contributed by atoms with Crippen LogP contribution in [0.1, 0.15) is 88.8 Å². The van der Waals surface area contributed by atoms with Crippen molar-refractivity contribution in [1.82, 2.24) is 0 Å². The van der Waals surface area contributed by atoms with Crippen molar-refractivity contribution in [2.45, 2.75) is 88.5 Å². The Hall–Kier alpha value is -1.56. The summed E-state index contributed by atoms with van der Waals surface area (Å²) in [5.41, 5.74) is 8.81. The van der Waals surface area contributed by atoms with Gasteiger partial charge in [0.1, 0.15) is 0 Å². The van der Waals surface area contributed by atoms with E-state index in [4.69, 9.17) is 0 Å². The lowest BCUT2D eigenvalue weighted by molar-refractivity contribution is 0.984. The minimum atomic E-state index is 1.06. The maximum atomic E-state index is 2.37. The molecule has 0 unspecified atom stereocenters. The van der Waals surface area contributed by atoms with Crippen LogP contribution in [-0.4, -0.2) is 0 Å². The largest absolute Gasteiger partial charge is 0.0683 e. The minimum absolute atomic E-state index is 1.06. The van der Waals surface area contributed by atoms with Crippen molar-refractivity contribution in [2.24, 2.45) is 0 Å². The smallest absolute Gasteiger partial charge is 0.00202 e. The fourth-order valence-electron chi connectivity index (χ4n) is 2.91. The van der Waals surface area contributed by atoms with Gasteiger partial charge in [0, 0.05) is 0 Å². The second-order valence-electron chi connectivity index (χ2n) is 5.37. The van der Waals surface area contributed by atoms with Gasteiger partial charge in [-0.2, -0.15) is 0 Å². The van der Waals surface area contributed by atoms with Gasteiger partial charge >= 0.3 is 0 Å². The van der Waals surface area contributed by atoms with Crippen LogP contribution in [0.15, 0.2) is 36.4 Å². The number of hydrogen-bond donors (Lipinski definition) is 0. The standard InChI is InChI=1S/C19H24.3C2H6/c1-5-16-11-14(3)12-18(19(16)6-2)13-17-10-8-7-9-15(17)4;3*1-2/h7-12H,5-6,13H2,1-4H3;3*1-2H3. The molecule has 0 aliphatic carbocycles. The average molecular weight is 343 g/mol. The van der Waals surface area contributed by atoms with Crippen LogP contribution in [0, 0.1) is 13.8 Å². The highest BCUT2D eigenvalue weighted by molar-refractivity contribution is 5.43. The molecule has 0 saturated carbocycles. The van der Waals surface area contributed by atoms with E-state index in [0.29, 0.717) is 0 Å². The first-order valence-corrected chi connectivity index (χ1v) is 10.3. The SMILES string of the molecule is CC.CC.CC.CCc1cc(C)cc(Cc2ccccc2C)c1CC. The van der Waals surface area contributed by atoms with Crippen molar-refractivity contribution in [3.8, 4) is 0 Å². The highest BCUT2D eigenvalue weighted by atomic mass is 14.1. The van der Waals surface area contributed by atoms with Gasteiger partial charge in [0.05, 0.1) is 0 Å². The number of benzene rings is 2. The van der Waals surface area contributed by atoms with Gasteiger partial charge in [-0.1, -0.05) is 97.4 Å². The molecule has 0 amide bonds. The van der Waals surface area contributed by atoms with E-state index in [1.807, 2.05) is 41.5 Å². The molecule has 0 heterocycles. The zero-order valence-corrected chi connectivity index (χ0v) is 18.6. The van der Waals surface area contributed by atoms with E-state index in [1.165, 1.54) is 27.8 Å². The Bertz CT molecular complexity index is 564. The lowest BCUT2D eigenvalue weighted by atomic mass is 9.90. The van der Waals surface area contributed by atoms with E-state index in [1.54, 1.807) is 5.56 Å². The summed E-state index contributed by atoms with van der Waals surface area (Å²) in [5, 5.41) is 0. The number of hydrogen-bond acceptors (Lipinski definition) is 0. The molecule has 2 rings (SSSR count). The fraction of sp³-hybridized carbons (Fsp3) is 0.520. The van der Waals surface area contributed by atoms with Crippen molar-refractivity contribution in [2.75, 3.05) is 0 Å². The molecule has 0 nitrogen and oxygen atoms in total. The van der Waals surface area contributed by atoms with Gasteiger partial charge in [-0.3, -0.25) is 0 Å². The number of aryl methyl sites for hydroxylation is 3. The molecule has 0 heteroatoms. The minimum Gasteiger partial charge on any atom is -0.0683 e. The van der Waals surface area contributed by atoms with Gasteiger partial charge in [-0.15, -0.1) is 0 Å². The van der Waals surface area contributed by atoms with Crippen LogP contribution in [-0.2, 0) is 19.3 Å². The zero-order valence-electron chi connectivity index (χ0n) is 18.6. The first kappa shape index (κ1) is 25.7. The molecular formula is C25H42. The summed E-state index contributed by atoms with van der Waals surface area (Å²) >= 11 is 0. The molecular weight excluding hydrogens is 300 g/mol. The summed E-state index contributed by atoms with van der Waals surface area (Å²) in [6, 6.07) is 13.4. The Morgan fingerprint density at radius 1 is 0.640 bits per heavy atom. The van der Waals surface area contributed by atoms with Gasteiger partial charge in [0.2, 0.25) is 0 Å². The molecule has 0 aliphatic rings. The van der Waals surface area contributed by atoms with Gasteiger partial charge in [0.15, 0.2) is 0 Å². The highest BCUT2D eigenvalue weighted by Crippen LogP contribution is 2.23. The lowest BCUT2D eigenvalue weighted by Crippen LogP contribution is -2.02. The third kappa shape index (κ3) is 8.38. The van der Waals surface area contributed by atoms with Crippen molar-refractivity contribution >= 4 is 0 Å². The molecule has 0 bridgehead atoms. The first-order chi connectivity index (χ1) is 12.2. The molecule has 0 radical (unpaired) electrons. The topological polar surface area (TPSA) is 0 Å². The molecule has 0 aromatic heterocycles. The Kier molecular flexibility index (Phi) is 16.4. The van der Waals surface area contributed by atoms with Crippen LogP contribution in [0.4, 0.5) is 0 Å². The van der Waals surface area contributed by atoms with E-state index < -0.39 is 0 Å². The summed E-state index contributed by atoms with van der Waals surface area (Å²) in [4.78, 5) is 0. The quantitative estimate of drug-likeness (QED) is 0.526. The molecule has 2 aromatic carbocycles. The second kappa shape index (κ2) is 15.9. The average Bonchev–Trinajstić information content (AvgIpc) is 2.68. The van der Waals surface area contributed by atoms with Crippen molar-refractivity contribution in [3.05, 3.63) is 69.8 Å². The zero-order chi connectivity index (χ0) is 19.8.